The van der Waals surface area contributed by atoms with Gasteiger partial charge in [-0.3, -0.25) is 0 Å². The Bertz CT molecular complexity index is 579. The highest BCUT2D eigenvalue weighted by Crippen LogP contribution is 2.34. The Hall–Kier alpha value is -1.10. The van der Waals surface area contributed by atoms with Crippen molar-refractivity contribution >= 4 is 23.2 Å². The molecule has 100 valence electrons. The van der Waals surface area contributed by atoms with Crippen LogP contribution in [0.5, 0.6) is 0 Å². The number of nitrogens with zero attached hydrogens (tertiary/aromatic N) is 2. The number of nitrogens with two attached hydrogens (primary N) is 1. The molecular formula is C13H13Cl2N3O. The van der Waals surface area contributed by atoms with Gasteiger partial charge in [-0.15, -0.1) is 0 Å². The molecule has 4 nitrogen and oxygen atoms in total. The van der Waals surface area contributed by atoms with Crippen LogP contribution < -0.4 is 5.73 Å². The fourth-order valence-electron chi connectivity index (χ4n) is 2.44. The van der Waals surface area contributed by atoms with E-state index in [2.05, 4.69) is 10.1 Å². The lowest BCUT2D eigenvalue weighted by Gasteiger charge is -2.01. The third kappa shape index (κ3) is 2.76. The maximum Gasteiger partial charge on any atom is 0.230 e. The predicted molar refractivity (Wildman–Crippen MR) is 74.3 cm³/mol. The molecule has 0 radical (unpaired) electrons. The van der Waals surface area contributed by atoms with Crippen molar-refractivity contribution in [2.45, 2.75) is 31.2 Å². The summed E-state index contributed by atoms with van der Waals surface area (Å²) < 4.78 is 5.33. The van der Waals surface area contributed by atoms with E-state index in [1.165, 1.54) is 0 Å². The lowest BCUT2D eigenvalue weighted by molar-refractivity contribution is 0.353. The molecule has 2 atom stereocenters. The number of benzene rings is 1. The fourth-order valence-corrected chi connectivity index (χ4v) is 2.97. The topological polar surface area (TPSA) is 64.9 Å². The number of hydrogen-bond donors (Lipinski definition) is 1. The largest absolute Gasteiger partial charge is 0.339 e. The first-order valence-corrected chi connectivity index (χ1v) is 6.93. The first-order valence-electron chi connectivity index (χ1n) is 6.17. The molecule has 1 saturated carbocycles. The molecule has 3 rings (SSSR count). The van der Waals surface area contributed by atoms with E-state index in [9.17, 15) is 0 Å². The summed E-state index contributed by atoms with van der Waals surface area (Å²) in [5, 5.41) is 5.10. The van der Waals surface area contributed by atoms with Crippen LogP contribution in [0, 0.1) is 0 Å². The molecule has 0 spiro atoms. The Morgan fingerprint density at radius 3 is 2.53 bits per heavy atom. The van der Waals surface area contributed by atoms with Crippen LogP contribution in [0.3, 0.4) is 0 Å². The summed E-state index contributed by atoms with van der Waals surface area (Å²) in [4.78, 5) is 4.43. The van der Waals surface area contributed by atoms with E-state index in [-0.39, 0.29) is 12.0 Å². The van der Waals surface area contributed by atoms with Gasteiger partial charge in [-0.2, -0.15) is 4.98 Å². The molecule has 2 N–H and O–H groups in total. The van der Waals surface area contributed by atoms with Crippen molar-refractivity contribution in [3.63, 3.8) is 0 Å². The van der Waals surface area contributed by atoms with Crippen LogP contribution in [0.4, 0.5) is 0 Å². The minimum absolute atomic E-state index is 0.237. The van der Waals surface area contributed by atoms with Crippen LogP contribution in [0.1, 0.15) is 31.1 Å². The van der Waals surface area contributed by atoms with E-state index in [1.807, 2.05) is 0 Å². The van der Waals surface area contributed by atoms with Gasteiger partial charge < -0.3 is 10.3 Å². The maximum absolute atomic E-state index is 5.97. The summed E-state index contributed by atoms with van der Waals surface area (Å²) in [7, 11) is 0. The molecule has 0 unspecified atom stereocenters. The summed E-state index contributed by atoms with van der Waals surface area (Å²) in [6.07, 6.45) is 2.91. The molecule has 6 heteroatoms. The highest BCUT2D eigenvalue weighted by atomic mass is 35.5. The van der Waals surface area contributed by atoms with Crippen LogP contribution >= 0.6 is 23.2 Å². The molecule has 1 aliphatic rings. The van der Waals surface area contributed by atoms with Gasteiger partial charge in [0.2, 0.25) is 11.7 Å². The first kappa shape index (κ1) is 12.9. The number of hydrogen-bond acceptors (Lipinski definition) is 4. The van der Waals surface area contributed by atoms with Gasteiger partial charge in [0.25, 0.3) is 0 Å². The average Bonchev–Trinajstić information content (AvgIpc) is 2.95. The molecule has 1 fully saturated rings. The third-order valence-electron chi connectivity index (χ3n) is 3.38. The van der Waals surface area contributed by atoms with E-state index >= 15 is 0 Å². The Balaban J connectivity index is 1.88. The van der Waals surface area contributed by atoms with E-state index in [0.29, 0.717) is 21.8 Å². The molecule has 0 bridgehead atoms. The lowest BCUT2D eigenvalue weighted by Crippen LogP contribution is -2.14. The lowest BCUT2D eigenvalue weighted by atomic mass is 10.1. The maximum atomic E-state index is 5.97. The van der Waals surface area contributed by atoms with Crippen LogP contribution in [0.25, 0.3) is 11.4 Å². The molecule has 1 aromatic heterocycles. The van der Waals surface area contributed by atoms with Gasteiger partial charge in [0.15, 0.2) is 0 Å². The number of aromatic nitrogens is 2. The van der Waals surface area contributed by atoms with Gasteiger partial charge in [0, 0.05) is 27.6 Å². The van der Waals surface area contributed by atoms with Crippen molar-refractivity contribution in [2.75, 3.05) is 0 Å². The average molecular weight is 298 g/mol. The quantitative estimate of drug-likeness (QED) is 0.919. The summed E-state index contributed by atoms with van der Waals surface area (Å²) in [5.74, 6) is 1.44. The molecule has 1 aliphatic carbocycles. The van der Waals surface area contributed by atoms with Crippen molar-refractivity contribution in [3.8, 4) is 11.4 Å². The van der Waals surface area contributed by atoms with Gasteiger partial charge >= 0.3 is 0 Å². The minimum Gasteiger partial charge on any atom is -0.339 e. The fraction of sp³-hybridized carbons (Fsp3) is 0.385. The normalized spacial score (nSPS) is 22.9. The second-order valence-electron chi connectivity index (χ2n) is 4.88. The van der Waals surface area contributed by atoms with E-state index in [4.69, 9.17) is 33.5 Å². The van der Waals surface area contributed by atoms with Crippen molar-refractivity contribution in [2.24, 2.45) is 5.73 Å². The standard InChI is InChI=1S/C13H13Cl2N3O/c14-9-3-8(4-10(15)6-9)12-17-13(19-18-12)7-1-2-11(16)5-7/h3-4,6-7,11H,1-2,5,16H2/t7-,11+/m1/s1. The molecule has 1 heterocycles. The van der Waals surface area contributed by atoms with Gasteiger partial charge in [-0.25, -0.2) is 0 Å². The van der Waals surface area contributed by atoms with Crippen molar-refractivity contribution in [1.29, 1.82) is 0 Å². The van der Waals surface area contributed by atoms with E-state index < -0.39 is 0 Å². The van der Waals surface area contributed by atoms with Crippen LogP contribution in [-0.4, -0.2) is 16.2 Å². The molecule has 0 saturated heterocycles. The number of rotatable bonds is 2. The molecular weight excluding hydrogens is 285 g/mol. The van der Waals surface area contributed by atoms with Crippen molar-refractivity contribution in [1.82, 2.24) is 10.1 Å². The van der Waals surface area contributed by atoms with Gasteiger partial charge in [0.1, 0.15) is 0 Å². The van der Waals surface area contributed by atoms with E-state index in [1.54, 1.807) is 18.2 Å². The van der Waals surface area contributed by atoms with Gasteiger partial charge in [0.05, 0.1) is 0 Å². The number of halogens is 2. The Morgan fingerprint density at radius 1 is 1.16 bits per heavy atom. The molecule has 0 amide bonds. The zero-order valence-corrected chi connectivity index (χ0v) is 11.7. The van der Waals surface area contributed by atoms with Crippen molar-refractivity contribution in [3.05, 3.63) is 34.1 Å². The van der Waals surface area contributed by atoms with E-state index in [0.717, 1.165) is 24.8 Å². The Labute approximate surface area is 120 Å². The zero-order valence-electron chi connectivity index (χ0n) is 10.1. The monoisotopic (exact) mass is 297 g/mol. The molecule has 2 aromatic rings. The second kappa shape index (κ2) is 5.12. The third-order valence-corrected chi connectivity index (χ3v) is 3.82. The van der Waals surface area contributed by atoms with Crippen LogP contribution in [0.2, 0.25) is 10.0 Å². The summed E-state index contributed by atoms with van der Waals surface area (Å²) >= 11 is 11.9. The SMILES string of the molecule is N[C@H]1CC[C@@H](c2nc(-c3cc(Cl)cc(Cl)c3)no2)C1. The Kier molecular flexibility index (Phi) is 3.48. The predicted octanol–water partition coefficient (Wildman–Crippen LogP) is 3.64. The summed E-state index contributed by atoms with van der Waals surface area (Å²) in [6.45, 7) is 0. The molecule has 1 aromatic carbocycles. The molecule has 19 heavy (non-hydrogen) atoms. The Morgan fingerprint density at radius 2 is 1.89 bits per heavy atom. The molecule has 0 aliphatic heterocycles. The summed E-state index contributed by atoms with van der Waals surface area (Å²) in [6, 6.07) is 5.44. The van der Waals surface area contributed by atoms with Crippen LogP contribution in [0.15, 0.2) is 22.7 Å². The first-order chi connectivity index (χ1) is 9.11. The zero-order chi connectivity index (χ0) is 13.4. The van der Waals surface area contributed by atoms with Gasteiger partial charge in [-0.05, 0) is 37.5 Å². The highest BCUT2D eigenvalue weighted by molar-refractivity contribution is 6.35. The second-order valence-corrected chi connectivity index (χ2v) is 5.76. The van der Waals surface area contributed by atoms with Crippen LogP contribution in [-0.2, 0) is 0 Å². The van der Waals surface area contributed by atoms with Crippen molar-refractivity contribution < 1.29 is 4.52 Å². The minimum atomic E-state index is 0.237. The van der Waals surface area contributed by atoms with Gasteiger partial charge in [-0.1, -0.05) is 28.4 Å². The summed E-state index contributed by atoms with van der Waals surface area (Å²) in [5.41, 5.74) is 6.65. The highest BCUT2D eigenvalue weighted by Gasteiger charge is 2.28. The smallest absolute Gasteiger partial charge is 0.230 e.